The first kappa shape index (κ1) is 22.0. The van der Waals surface area contributed by atoms with Gasteiger partial charge in [0.1, 0.15) is 11.6 Å². The van der Waals surface area contributed by atoms with E-state index < -0.39 is 5.91 Å². The van der Waals surface area contributed by atoms with E-state index in [9.17, 15) is 10.1 Å². The van der Waals surface area contributed by atoms with E-state index in [0.717, 1.165) is 37.6 Å². The maximum Gasteiger partial charge on any atom is 0.266 e. The molecule has 5 heteroatoms. The van der Waals surface area contributed by atoms with Gasteiger partial charge in [-0.1, -0.05) is 68.3 Å². The number of carbonyl (C=O) groups is 1. The second-order valence-corrected chi connectivity index (χ2v) is 8.75. The first-order valence-electron chi connectivity index (χ1n) is 9.39. The predicted molar refractivity (Wildman–Crippen MR) is 129 cm³/mol. The Morgan fingerprint density at radius 2 is 1.70 bits per heavy atom. The number of rotatable bonds is 5. The molecule has 0 spiro atoms. The molecule has 0 aromatic heterocycles. The minimum atomic E-state index is -0.422. The molecule has 3 aromatic rings. The summed E-state index contributed by atoms with van der Waals surface area (Å²) in [6, 6.07) is 21.6. The molecule has 0 fully saturated rings. The highest BCUT2D eigenvalue weighted by Crippen LogP contribution is 2.26. The Morgan fingerprint density at radius 1 is 0.967 bits per heavy atom. The van der Waals surface area contributed by atoms with Crippen LogP contribution in [0.3, 0.4) is 0 Å². The second-order valence-electron chi connectivity index (χ2n) is 7.04. The van der Waals surface area contributed by atoms with Gasteiger partial charge in [-0.05, 0) is 78.4 Å². The van der Waals surface area contributed by atoms with E-state index >= 15 is 0 Å². The zero-order valence-electron chi connectivity index (χ0n) is 16.7. The fourth-order valence-corrected chi connectivity index (χ4v) is 3.94. The molecular weight excluding hydrogens is 504 g/mol. The highest BCUT2D eigenvalue weighted by atomic mass is 79.9. The van der Waals surface area contributed by atoms with E-state index in [1.54, 1.807) is 6.08 Å². The third-order valence-electron chi connectivity index (χ3n) is 4.86. The molecule has 3 nitrogen and oxygen atoms in total. The van der Waals surface area contributed by atoms with Crippen molar-refractivity contribution >= 4 is 49.5 Å². The van der Waals surface area contributed by atoms with Crippen molar-refractivity contribution in [3.8, 4) is 6.07 Å². The molecule has 0 atom stereocenters. The zero-order chi connectivity index (χ0) is 21.7. The Balaban J connectivity index is 1.79. The number of halogens is 2. The summed E-state index contributed by atoms with van der Waals surface area (Å²) in [5, 5.41) is 12.3. The lowest BCUT2D eigenvalue weighted by atomic mass is 10.0. The maximum absolute atomic E-state index is 12.6. The van der Waals surface area contributed by atoms with Gasteiger partial charge in [-0.15, -0.1) is 0 Å². The van der Waals surface area contributed by atoms with Crippen LogP contribution in [0.5, 0.6) is 0 Å². The zero-order valence-corrected chi connectivity index (χ0v) is 19.8. The van der Waals surface area contributed by atoms with Gasteiger partial charge in [-0.25, -0.2) is 0 Å². The number of aryl methyl sites for hydroxylation is 2. The van der Waals surface area contributed by atoms with Crippen molar-refractivity contribution in [2.75, 3.05) is 5.32 Å². The van der Waals surface area contributed by atoms with Gasteiger partial charge >= 0.3 is 0 Å². The van der Waals surface area contributed by atoms with E-state index in [1.165, 1.54) is 5.56 Å². The Kier molecular flexibility index (Phi) is 7.25. The summed E-state index contributed by atoms with van der Waals surface area (Å²) < 4.78 is 1.99. The third kappa shape index (κ3) is 5.47. The number of nitrogens with zero attached hydrogens (tertiary/aromatic N) is 1. The summed E-state index contributed by atoms with van der Waals surface area (Å²) in [6.07, 6.45) is 2.37. The number of amides is 1. The van der Waals surface area contributed by atoms with Gasteiger partial charge < -0.3 is 5.32 Å². The van der Waals surface area contributed by atoms with Crippen LogP contribution < -0.4 is 5.32 Å². The molecular formula is C25H20Br2N2O. The first-order chi connectivity index (χ1) is 14.4. The standard InChI is InChI=1S/C25H20Br2N2O/c1-16-7-10-22(11-17(16)2)29-25(30)21(15-28)12-18-8-9-20(24(27)13-18)14-19-5-3-4-6-23(19)26/h3-13H,14H2,1-2H3,(H,29,30)/b21-12+. The van der Waals surface area contributed by atoms with Crippen molar-refractivity contribution in [2.24, 2.45) is 0 Å². The number of nitrogens with one attached hydrogen (secondary N) is 1. The molecule has 0 aliphatic carbocycles. The van der Waals surface area contributed by atoms with Crippen LogP contribution in [-0.4, -0.2) is 5.91 Å². The van der Waals surface area contributed by atoms with Crippen molar-refractivity contribution in [1.29, 1.82) is 5.26 Å². The van der Waals surface area contributed by atoms with E-state index in [1.807, 2.05) is 74.5 Å². The van der Waals surface area contributed by atoms with Crippen LogP contribution in [0.15, 0.2) is 75.2 Å². The number of benzene rings is 3. The van der Waals surface area contributed by atoms with Crippen LogP contribution in [0.25, 0.3) is 6.08 Å². The average molecular weight is 524 g/mol. The van der Waals surface area contributed by atoms with Gasteiger partial charge in [0.05, 0.1) is 0 Å². The van der Waals surface area contributed by atoms with Gasteiger partial charge in [0, 0.05) is 14.6 Å². The third-order valence-corrected chi connectivity index (χ3v) is 6.37. The minimum Gasteiger partial charge on any atom is -0.321 e. The molecule has 0 radical (unpaired) electrons. The molecule has 0 aliphatic rings. The smallest absolute Gasteiger partial charge is 0.266 e. The second kappa shape index (κ2) is 9.88. The van der Waals surface area contributed by atoms with Crippen molar-refractivity contribution in [3.63, 3.8) is 0 Å². The number of hydrogen-bond acceptors (Lipinski definition) is 2. The summed E-state index contributed by atoms with van der Waals surface area (Å²) in [7, 11) is 0. The summed E-state index contributed by atoms with van der Waals surface area (Å²) in [4.78, 5) is 12.6. The lowest BCUT2D eigenvalue weighted by Gasteiger charge is -2.09. The van der Waals surface area contributed by atoms with Gasteiger partial charge in [0.2, 0.25) is 0 Å². The molecule has 0 aliphatic heterocycles. The normalized spacial score (nSPS) is 11.1. The Morgan fingerprint density at radius 3 is 2.37 bits per heavy atom. The van der Waals surface area contributed by atoms with Gasteiger partial charge in [-0.3, -0.25) is 4.79 Å². The van der Waals surface area contributed by atoms with Crippen molar-refractivity contribution in [2.45, 2.75) is 20.3 Å². The lowest BCUT2D eigenvalue weighted by Crippen LogP contribution is -2.13. The van der Waals surface area contributed by atoms with Crippen molar-refractivity contribution in [1.82, 2.24) is 0 Å². The molecule has 0 saturated heterocycles. The Labute approximate surface area is 193 Å². The van der Waals surface area contributed by atoms with Crippen LogP contribution in [0.1, 0.15) is 27.8 Å². The van der Waals surface area contributed by atoms with E-state index in [2.05, 4.69) is 43.2 Å². The fourth-order valence-electron chi connectivity index (χ4n) is 2.98. The van der Waals surface area contributed by atoms with Gasteiger partial charge in [0.25, 0.3) is 5.91 Å². The Hall–Kier alpha value is -2.68. The topological polar surface area (TPSA) is 52.9 Å². The molecule has 0 unspecified atom stereocenters. The molecule has 30 heavy (non-hydrogen) atoms. The van der Waals surface area contributed by atoms with Crippen LogP contribution in [-0.2, 0) is 11.2 Å². The number of hydrogen-bond donors (Lipinski definition) is 1. The van der Waals surface area contributed by atoms with Crippen molar-refractivity contribution < 1.29 is 4.79 Å². The minimum absolute atomic E-state index is 0.0543. The molecule has 150 valence electrons. The summed E-state index contributed by atoms with van der Waals surface area (Å²) in [5.41, 5.74) is 6.05. The molecule has 3 aromatic carbocycles. The van der Waals surface area contributed by atoms with E-state index in [0.29, 0.717) is 5.69 Å². The molecule has 1 N–H and O–H groups in total. The summed E-state index contributed by atoms with van der Waals surface area (Å²) >= 11 is 7.20. The quantitative estimate of drug-likeness (QED) is 0.290. The largest absolute Gasteiger partial charge is 0.321 e. The summed E-state index contributed by atoms with van der Waals surface area (Å²) in [6.45, 7) is 4.00. The fraction of sp³-hybridized carbons (Fsp3) is 0.120. The lowest BCUT2D eigenvalue weighted by molar-refractivity contribution is -0.112. The van der Waals surface area contributed by atoms with Crippen LogP contribution in [0.4, 0.5) is 5.69 Å². The number of nitriles is 1. The van der Waals surface area contributed by atoms with Crippen molar-refractivity contribution in [3.05, 3.63) is 103 Å². The molecule has 3 rings (SSSR count). The predicted octanol–water partition coefficient (Wildman–Crippen LogP) is 6.96. The van der Waals surface area contributed by atoms with Gasteiger partial charge in [-0.2, -0.15) is 5.26 Å². The highest BCUT2D eigenvalue weighted by Gasteiger charge is 2.11. The van der Waals surface area contributed by atoms with E-state index in [4.69, 9.17) is 0 Å². The van der Waals surface area contributed by atoms with Crippen LogP contribution in [0.2, 0.25) is 0 Å². The van der Waals surface area contributed by atoms with E-state index in [-0.39, 0.29) is 5.57 Å². The monoisotopic (exact) mass is 522 g/mol. The maximum atomic E-state index is 12.6. The molecule has 0 bridgehead atoms. The molecule has 1 amide bonds. The number of carbonyl (C=O) groups excluding carboxylic acids is 1. The highest BCUT2D eigenvalue weighted by molar-refractivity contribution is 9.10. The molecule has 0 heterocycles. The van der Waals surface area contributed by atoms with Crippen LogP contribution >= 0.6 is 31.9 Å². The summed E-state index contributed by atoms with van der Waals surface area (Å²) in [5.74, 6) is -0.422. The first-order valence-corrected chi connectivity index (χ1v) is 11.0. The Bertz CT molecular complexity index is 1180. The molecule has 0 saturated carbocycles. The number of anilines is 1. The van der Waals surface area contributed by atoms with Gasteiger partial charge in [0.15, 0.2) is 0 Å². The van der Waals surface area contributed by atoms with Crippen LogP contribution in [0, 0.1) is 25.2 Å². The SMILES string of the molecule is Cc1ccc(NC(=O)/C(C#N)=C/c2ccc(Cc3ccccc3Br)c(Br)c2)cc1C. The average Bonchev–Trinajstić information content (AvgIpc) is 2.72.